The lowest BCUT2D eigenvalue weighted by molar-refractivity contribution is 1.17. The van der Waals surface area contributed by atoms with E-state index in [9.17, 15) is 0 Å². The number of imidazole rings is 1. The highest BCUT2D eigenvalue weighted by Crippen LogP contribution is 2.58. The van der Waals surface area contributed by atoms with E-state index in [4.69, 9.17) is 9.97 Å². The van der Waals surface area contributed by atoms with Gasteiger partial charge >= 0.3 is 0 Å². The predicted molar refractivity (Wildman–Crippen MR) is 220 cm³/mol. The van der Waals surface area contributed by atoms with Crippen LogP contribution >= 0.6 is 0 Å². The smallest absolute Gasteiger partial charge is 0.137 e. The topological polar surface area (TPSA) is 30.2 Å². The molecule has 10 aromatic rings. The molecule has 3 nitrogen and oxygen atoms in total. The lowest BCUT2D eigenvalue weighted by Crippen LogP contribution is -1.93. The Morgan fingerprint density at radius 1 is 0.377 bits per heavy atom. The zero-order valence-electron chi connectivity index (χ0n) is 28.7. The van der Waals surface area contributed by atoms with Gasteiger partial charge in [-0.15, -0.1) is 0 Å². The second-order valence-corrected chi connectivity index (χ2v) is 13.7. The van der Waals surface area contributed by atoms with Gasteiger partial charge in [-0.3, -0.25) is 9.38 Å². The maximum absolute atomic E-state index is 5.08. The molecule has 3 heterocycles. The number of benzene rings is 7. The van der Waals surface area contributed by atoms with E-state index in [0.29, 0.717) is 0 Å². The molecule has 0 atom stereocenters. The van der Waals surface area contributed by atoms with E-state index >= 15 is 0 Å². The molecule has 3 aromatic heterocycles. The van der Waals surface area contributed by atoms with Gasteiger partial charge in [0.2, 0.25) is 0 Å². The van der Waals surface area contributed by atoms with Gasteiger partial charge in [-0.25, -0.2) is 4.98 Å². The molecule has 0 radical (unpaired) electrons. The lowest BCUT2D eigenvalue weighted by Gasteiger charge is -2.20. The van der Waals surface area contributed by atoms with Gasteiger partial charge in [-0.1, -0.05) is 152 Å². The first kappa shape index (κ1) is 29.6. The van der Waals surface area contributed by atoms with E-state index in [2.05, 4.69) is 156 Å². The van der Waals surface area contributed by atoms with Crippen LogP contribution in [0.4, 0.5) is 0 Å². The molecule has 0 bridgehead atoms. The van der Waals surface area contributed by atoms with Gasteiger partial charge in [0.05, 0.1) is 17.1 Å². The summed E-state index contributed by atoms with van der Waals surface area (Å²) in [5, 5.41) is 5.11. The molecule has 1 aliphatic rings. The standard InChI is InChI=1S/C50H31N3/c1-3-14-33(15-4-1)44-38-18-7-8-19-39(38)45(34-16-5-2-6-17-34)48-41-29-28-36(37-20-13-21-40(46(37)41)47(44)48)32-24-26-35(27-25-32)49-50(42-22-9-11-30-51-42)53-31-12-10-23-43(53)52-49/h1-31H. The van der Waals surface area contributed by atoms with Gasteiger partial charge in [0.15, 0.2) is 0 Å². The Labute approximate surface area is 307 Å². The van der Waals surface area contributed by atoms with Crippen molar-refractivity contribution in [2.75, 3.05) is 0 Å². The molecular weight excluding hydrogens is 643 g/mol. The SMILES string of the molecule is c1ccc(-c2c3c(c(-c4ccccc4)c4ccccc24)-c2ccc(-c4ccc(-c5nc6ccccn6c5-c5ccccn5)cc4)c4cccc-3c24)cc1. The summed E-state index contributed by atoms with van der Waals surface area (Å²) in [4.78, 5) is 9.78. The third-order valence-electron chi connectivity index (χ3n) is 10.8. The fraction of sp³-hybridized carbons (Fsp3) is 0. The van der Waals surface area contributed by atoms with Crippen molar-refractivity contribution in [2.45, 2.75) is 0 Å². The van der Waals surface area contributed by atoms with Crippen LogP contribution in [0, 0.1) is 0 Å². The molecule has 0 aliphatic heterocycles. The second-order valence-electron chi connectivity index (χ2n) is 13.7. The molecular formula is C50H31N3. The van der Waals surface area contributed by atoms with Crippen molar-refractivity contribution >= 4 is 27.2 Å². The highest BCUT2D eigenvalue weighted by Gasteiger charge is 2.31. The first-order valence-electron chi connectivity index (χ1n) is 18.1. The van der Waals surface area contributed by atoms with Crippen LogP contribution in [0.15, 0.2) is 188 Å². The van der Waals surface area contributed by atoms with Gasteiger partial charge in [-0.2, -0.15) is 0 Å². The third kappa shape index (κ3) is 4.47. The van der Waals surface area contributed by atoms with Crippen molar-refractivity contribution in [1.29, 1.82) is 0 Å². The van der Waals surface area contributed by atoms with E-state index in [1.165, 1.54) is 77.2 Å². The minimum atomic E-state index is 0.898. The van der Waals surface area contributed by atoms with Crippen LogP contribution in [-0.4, -0.2) is 14.4 Å². The van der Waals surface area contributed by atoms with Crippen LogP contribution in [0.5, 0.6) is 0 Å². The van der Waals surface area contributed by atoms with Crippen LogP contribution in [0.1, 0.15) is 0 Å². The fourth-order valence-corrected chi connectivity index (χ4v) is 8.61. The normalized spacial score (nSPS) is 11.8. The minimum Gasteiger partial charge on any atom is -0.298 e. The van der Waals surface area contributed by atoms with E-state index in [0.717, 1.165) is 28.3 Å². The summed E-state index contributed by atoms with van der Waals surface area (Å²) in [6.07, 6.45) is 3.90. The monoisotopic (exact) mass is 673 g/mol. The molecule has 7 aromatic carbocycles. The number of pyridine rings is 2. The van der Waals surface area contributed by atoms with Crippen molar-refractivity contribution in [1.82, 2.24) is 14.4 Å². The predicted octanol–water partition coefficient (Wildman–Crippen LogP) is 13.0. The molecule has 0 saturated carbocycles. The van der Waals surface area contributed by atoms with E-state index in [-0.39, 0.29) is 0 Å². The molecule has 11 rings (SSSR count). The summed E-state index contributed by atoms with van der Waals surface area (Å²) in [6, 6.07) is 63.3. The molecule has 0 fully saturated rings. The third-order valence-corrected chi connectivity index (χ3v) is 10.8. The summed E-state index contributed by atoms with van der Waals surface area (Å²) in [5.74, 6) is 0. The Morgan fingerprint density at radius 2 is 0.962 bits per heavy atom. The summed E-state index contributed by atoms with van der Waals surface area (Å²) < 4.78 is 2.13. The van der Waals surface area contributed by atoms with Gasteiger partial charge in [0, 0.05) is 18.0 Å². The molecule has 3 heteroatoms. The van der Waals surface area contributed by atoms with Crippen molar-refractivity contribution in [3.63, 3.8) is 0 Å². The molecule has 0 amide bonds. The zero-order chi connectivity index (χ0) is 34.9. The van der Waals surface area contributed by atoms with Crippen molar-refractivity contribution in [3.05, 3.63) is 188 Å². The van der Waals surface area contributed by atoms with E-state index in [1.807, 2.05) is 36.5 Å². The Hall–Kier alpha value is -7.10. The number of hydrogen-bond acceptors (Lipinski definition) is 2. The first-order chi connectivity index (χ1) is 26.3. The summed E-state index contributed by atoms with van der Waals surface area (Å²) in [5.41, 5.74) is 17.4. The number of hydrogen-bond donors (Lipinski definition) is 0. The zero-order valence-corrected chi connectivity index (χ0v) is 28.7. The highest BCUT2D eigenvalue weighted by molar-refractivity contribution is 6.28. The number of fused-ring (bicyclic) bond motifs is 5. The van der Waals surface area contributed by atoms with Crippen molar-refractivity contribution < 1.29 is 0 Å². The maximum Gasteiger partial charge on any atom is 0.137 e. The number of rotatable bonds is 5. The Bertz CT molecular complexity index is 2920. The summed E-state index contributed by atoms with van der Waals surface area (Å²) in [7, 11) is 0. The average Bonchev–Trinajstić information content (AvgIpc) is 3.78. The quantitative estimate of drug-likeness (QED) is 0.182. The van der Waals surface area contributed by atoms with Crippen molar-refractivity contribution in [2.24, 2.45) is 0 Å². The molecule has 0 saturated heterocycles. The molecule has 246 valence electrons. The van der Waals surface area contributed by atoms with Crippen LogP contribution < -0.4 is 0 Å². The molecule has 53 heavy (non-hydrogen) atoms. The van der Waals surface area contributed by atoms with Crippen LogP contribution in [-0.2, 0) is 0 Å². The molecule has 0 spiro atoms. The Balaban J connectivity index is 1.13. The Morgan fingerprint density at radius 3 is 1.64 bits per heavy atom. The lowest BCUT2D eigenvalue weighted by atomic mass is 9.82. The van der Waals surface area contributed by atoms with Gasteiger partial charge < -0.3 is 0 Å². The second kappa shape index (κ2) is 11.7. The fourth-order valence-electron chi connectivity index (χ4n) is 8.61. The van der Waals surface area contributed by atoms with Gasteiger partial charge in [0.1, 0.15) is 5.65 Å². The maximum atomic E-state index is 5.08. The first-order valence-corrected chi connectivity index (χ1v) is 18.1. The number of aromatic nitrogens is 3. The minimum absolute atomic E-state index is 0.898. The van der Waals surface area contributed by atoms with Crippen LogP contribution in [0.3, 0.4) is 0 Å². The van der Waals surface area contributed by atoms with E-state index in [1.54, 1.807) is 0 Å². The van der Waals surface area contributed by atoms with Gasteiger partial charge in [0.25, 0.3) is 0 Å². The van der Waals surface area contributed by atoms with Crippen LogP contribution in [0.2, 0.25) is 0 Å². The largest absolute Gasteiger partial charge is 0.298 e. The van der Waals surface area contributed by atoms with E-state index < -0.39 is 0 Å². The summed E-state index contributed by atoms with van der Waals surface area (Å²) >= 11 is 0. The molecule has 0 N–H and O–H groups in total. The molecule has 1 aliphatic carbocycles. The Kier molecular flexibility index (Phi) is 6.55. The summed E-state index contributed by atoms with van der Waals surface area (Å²) in [6.45, 7) is 0. The highest BCUT2D eigenvalue weighted by atomic mass is 15.0. The van der Waals surface area contributed by atoms with Crippen LogP contribution in [0.25, 0.3) is 105 Å². The molecule has 0 unspecified atom stereocenters. The van der Waals surface area contributed by atoms with Crippen molar-refractivity contribution in [3.8, 4) is 78.3 Å². The number of nitrogens with zero attached hydrogens (tertiary/aromatic N) is 3. The van der Waals surface area contributed by atoms with Gasteiger partial charge in [-0.05, 0) is 101 Å². The average molecular weight is 674 g/mol.